The summed E-state index contributed by atoms with van der Waals surface area (Å²) in [5, 5.41) is 20.1. The number of carbonyl (C=O) groups is 2. The van der Waals surface area contributed by atoms with E-state index in [1.807, 2.05) is 0 Å². The van der Waals surface area contributed by atoms with Crippen LogP contribution in [-0.4, -0.2) is 70.2 Å². The summed E-state index contributed by atoms with van der Waals surface area (Å²) < 4.78 is 0. The normalized spacial score (nSPS) is 42.5. The maximum Gasteiger partial charge on any atom is 0.310 e. The van der Waals surface area contributed by atoms with Gasteiger partial charge in [-0.3, -0.25) is 9.59 Å². The quantitative estimate of drug-likeness (QED) is 0.779. The van der Waals surface area contributed by atoms with Crippen molar-refractivity contribution in [3.8, 4) is 0 Å². The number of carboxylic acids is 2. The number of piperidine rings is 2. The molecular formula is C20H32N2O4. The molecule has 4 fully saturated rings. The Morgan fingerprint density at radius 3 is 1.42 bits per heavy atom. The van der Waals surface area contributed by atoms with Gasteiger partial charge in [-0.25, -0.2) is 0 Å². The van der Waals surface area contributed by atoms with Crippen molar-refractivity contribution >= 4 is 11.9 Å². The van der Waals surface area contributed by atoms with Crippen LogP contribution >= 0.6 is 0 Å². The second kappa shape index (κ2) is 6.48. The lowest BCUT2D eigenvalue weighted by Gasteiger charge is -2.51. The predicted octanol–water partition coefficient (Wildman–Crippen LogP) is 2.28. The van der Waals surface area contributed by atoms with Crippen LogP contribution in [0.2, 0.25) is 0 Å². The Balaban J connectivity index is 1.68. The Labute approximate surface area is 155 Å². The highest BCUT2D eigenvalue weighted by Crippen LogP contribution is 2.55. The van der Waals surface area contributed by atoms with Crippen LogP contribution in [0.4, 0.5) is 0 Å². The molecule has 0 aliphatic carbocycles. The van der Waals surface area contributed by atoms with E-state index >= 15 is 0 Å². The summed E-state index contributed by atoms with van der Waals surface area (Å²) in [6.45, 7) is 0. The van der Waals surface area contributed by atoms with E-state index in [4.69, 9.17) is 0 Å². The monoisotopic (exact) mass is 364 g/mol. The number of fused-ring (bicyclic) bond motifs is 4. The van der Waals surface area contributed by atoms with Crippen molar-refractivity contribution < 1.29 is 19.8 Å². The first-order chi connectivity index (χ1) is 12.3. The third-order valence-electron chi connectivity index (χ3n) is 8.50. The fraction of sp³-hybridized carbons (Fsp3) is 0.900. The van der Waals surface area contributed by atoms with Gasteiger partial charge in [0.1, 0.15) is 0 Å². The van der Waals surface area contributed by atoms with E-state index in [9.17, 15) is 19.8 Å². The minimum Gasteiger partial charge on any atom is -0.481 e. The summed E-state index contributed by atoms with van der Waals surface area (Å²) >= 11 is 0. The molecule has 6 heteroatoms. The van der Waals surface area contributed by atoms with Crippen LogP contribution < -0.4 is 0 Å². The highest BCUT2D eigenvalue weighted by molar-refractivity contribution is 5.82. The molecule has 4 aliphatic rings. The van der Waals surface area contributed by atoms with E-state index in [0.717, 1.165) is 51.4 Å². The van der Waals surface area contributed by atoms with Crippen LogP contribution in [0.25, 0.3) is 0 Å². The van der Waals surface area contributed by atoms with Gasteiger partial charge in [0.25, 0.3) is 0 Å². The summed E-state index contributed by atoms with van der Waals surface area (Å²) in [4.78, 5) is 29.3. The summed E-state index contributed by atoms with van der Waals surface area (Å²) in [7, 11) is 4.29. The summed E-state index contributed by atoms with van der Waals surface area (Å²) in [5.74, 6) is -1.84. The van der Waals surface area contributed by atoms with Crippen LogP contribution in [-0.2, 0) is 9.59 Å². The fourth-order valence-electron chi connectivity index (χ4n) is 6.96. The number of aliphatic carboxylic acids is 2. The molecule has 4 heterocycles. The molecule has 0 aromatic heterocycles. The van der Waals surface area contributed by atoms with E-state index in [1.165, 1.54) is 0 Å². The summed E-state index contributed by atoms with van der Waals surface area (Å²) in [6, 6.07) is 1.70. The van der Waals surface area contributed by atoms with Gasteiger partial charge >= 0.3 is 11.9 Å². The zero-order valence-electron chi connectivity index (χ0n) is 15.9. The Kier molecular flexibility index (Phi) is 4.55. The van der Waals surface area contributed by atoms with E-state index in [1.54, 1.807) is 0 Å². The molecular weight excluding hydrogens is 332 g/mol. The minimum atomic E-state index is -1.10. The molecule has 0 aromatic carbocycles. The van der Waals surface area contributed by atoms with Crippen LogP contribution in [0.1, 0.15) is 57.8 Å². The SMILES string of the molecule is CN1C2CCC1CC(C(CC(=O)O)(C(=O)O)C1CC3CCC(C1)N3C)C2. The lowest BCUT2D eigenvalue weighted by Crippen LogP contribution is -2.56. The van der Waals surface area contributed by atoms with E-state index in [0.29, 0.717) is 24.2 Å². The highest BCUT2D eigenvalue weighted by atomic mass is 16.4. The molecule has 4 unspecified atom stereocenters. The molecule has 2 N–H and O–H groups in total. The molecule has 4 rings (SSSR count). The van der Waals surface area contributed by atoms with Gasteiger partial charge in [0, 0.05) is 24.2 Å². The molecule has 4 aliphatic heterocycles. The van der Waals surface area contributed by atoms with Gasteiger partial charge in [-0.2, -0.15) is 0 Å². The van der Waals surface area contributed by atoms with E-state index in [2.05, 4.69) is 23.9 Å². The maximum absolute atomic E-state index is 12.7. The van der Waals surface area contributed by atoms with Crippen LogP contribution in [0.5, 0.6) is 0 Å². The van der Waals surface area contributed by atoms with Gasteiger partial charge in [-0.05, 0) is 77.3 Å². The van der Waals surface area contributed by atoms with Crippen molar-refractivity contribution in [1.82, 2.24) is 9.80 Å². The number of carboxylic acid groups (broad SMARTS) is 2. The third-order valence-corrected chi connectivity index (χ3v) is 8.50. The smallest absolute Gasteiger partial charge is 0.310 e. The molecule has 0 aromatic rings. The summed E-state index contributed by atoms with van der Waals surface area (Å²) in [6.07, 6.45) is 7.64. The van der Waals surface area contributed by atoms with E-state index in [-0.39, 0.29) is 18.3 Å². The van der Waals surface area contributed by atoms with E-state index < -0.39 is 17.4 Å². The molecule has 6 nitrogen and oxygen atoms in total. The molecule has 0 amide bonds. The fourth-order valence-corrected chi connectivity index (χ4v) is 6.96. The Morgan fingerprint density at radius 2 is 1.15 bits per heavy atom. The van der Waals surface area contributed by atoms with Gasteiger partial charge in [0.15, 0.2) is 0 Å². The molecule has 4 bridgehead atoms. The van der Waals surface area contributed by atoms with Crippen LogP contribution in [0.3, 0.4) is 0 Å². The second-order valence-corrected chi connectivity index (χ2v) is 9.35. The molecule has 4 saturated heterocycles. The Bertz CT molecular complexity index is 532. The molecule has 26 heavy (non-hydrogen) atoms. The molecule has 0 radical (unpaired) electrons. The van der Waals surface area contributed by atoms with Crippen molar-refractivity contribution in [2.75, 3.05) is 14.1 Å². The van der Waals surface area contributed by atoms with Crippen molar-refractivity contribution in [1.29, 1.82) is 0 Å². The average Bonchev–Trinajstić information content (AvgIpc) is 2.94. The van der Waals surface area contributed by atoms with Gasteiger partial charge in [0.05, 0.1) is 11.8 Å². The number of nitrogens with zero attached hydrogens (tertiary/aromatic N) is 2. The van der Waals surface area contributed by atoms with Crippen molar-refractivity contribution in [2.45, 2.75) is 82.0 Å². The van der Waals surface area contributed by atoms with Crippen molar-refractivity contribution in [3.05, 3.63) is 0 Å². The van der Waals surface area contributed by atoms with Crippen LogP contribution in [0, 0.1) is 17.3 Å². The average molecular weight is 364 g/mol. The topological polar surface area (TPSA) is 81.1 Å². The van der Waals surface area contributed by atoms with Crippen molar-refractivity contribution in [3.63, 3.8) is 0 Å². The van der Waals surface area contributed by atoms with Crippen molar-refractivity contribution in [2.24, 2.45) is 17.3 Å². The molecule has 146 valence electrons. The maximum atomic E-state index is 12.7. The van der Waals surface area contributed by atoms with Gasteiger partial charge in [-0.1, -0.05) is 0 Å². The number of hydrogen-bond donors (Lipinski definition) is 2. The lowest BCUT2D eigenvalue weighted by atomic mass is 9.57. The molecule has 0 spiro atoms. The van der Waals surface area contributed by atoms with Gasteiger partial charge < -0.3 is 20.0 Å². The zero-order chi connectivity index (χ0) is 18.6. The molecule has 0 saturated carbocycles. The first-order valence-corrected chi connectivity index (χ1v) is 10.2. The van der Waals surface area contributed by atoms with Crippen LogP contribution in [0.15, 0.2) is 0 Å². The second-order valence-electron chi connectivity index (χ2n) is 9.35. The predicted molar refractivity (Wildman–Crippen MR) is 96.9 cm³/mol. The first kappa shape index (κ1) is 18.2. The van der Waals surface area contributed by atoms with Gasteiger partial charge in [0.2, 0.25) is 0 Å². The number of rotatable bonds is 5. The first-order valence-electron chi connectivity index (χ1n) is 10.2. The van der Waals surface area contributed by atoms with Gasteiger partial charge in [-0.15, -0.1) is 0 Å². The highest BCUT2D eigenvalue weighted by Gasteiger charge is 2.59. The molecule has 4 atom stereocenters. The number of hydrogen-bond acceptors (Lipinski definition) is 4. The standard InChI is InChI=1S/C20H32N2O4/c1-21-14-3-4-15(21)8-12(7-14)20(19(25)26,11-18(23)24)13-9-16-5-6-17(10-13)22(16)2/h12-17H,3-11H2,1-2H3,(H,23,24)(H,25,26). The lowest BCUT2D eigenvalue weighted by molar-refractivity contribution is -0.170. The Hall–Kier alpha value is -1.14. The zero-order valence-corrected chi connectivity index (χ0v) is 15.9. The Morgan fingerprint density at radius 1 is 0.808 bits per heavy atom. The summed E-state index contributed by atoms with van der Waals surface area (Å²) in [5.41, 5.74) is -1.10. The minimum absolute atomic E-state index is 0.0161. The third kappa shape index (κ3) is 2.68. The largest absolute Gasteiger partial charge is 0.481 e.